The van der Waals surface area contributed by atoms with Crippen LogP contribution in [0.15, 0.2) is 0 Å². The number of hydrogen-bond acceptors (Lipinski definition) is 2. The third-order valence-corrected chi connectivity index (χ3v) is 1.74. The minimum atomic E-state index is 0.553. The molecule has 0 aromatic carbocycles. The highest BCUT2D eigenvalue weighted by Crippen LogP contribution is 2.13. The number of rotatable bonds is 3. The second-order valence-electron chi connectivity index (χ2n) is 2.53. The molecule has 0 spiro atoms. The van der Waals surface area contributed by atoms with Crippen molar-refractivity contribution in [3.05, 3.63) is 0 Å². The van der Waals surface area contributed by atoms with Crippen LogP contribution < -0.4 is 5.32 Å². The zero-order valence-corrected chi connectivity index (χ0v) is 6.02. The molecular weight excluding hydrogens is 114 g/mol. The van der Waals surface area contributed by atoms with Gasteiger partial charge in [-0.05, 0) is 32.9 Å². The molecule has 54 valence electrons. The first kappa shape index (κ1) is 7.03. The van der Waals surface area contributed by atoms with Gasteiger partial charge in [-0.25, -0.2) is 0 Å². The van der Waals surface area contributed by atoms with Gasteiger partial charge in [-0.3, -0.25) is 0 Å². The summed E-state index contributed by atoms with van der Waals surface area (Å²) < 4.78 is 5.42. The van der Waals surface area contributed by atoms with E-state index in [9.17, 15) is 0 Å². The van der Waals surface area contributed by atoms with Crippen molar-refractivity contribution in [1.82, 2.24) is 5.32 Å². The first-order valence-electron chi connectivity index (χ1n) is 3.69. The lowest BCUT2D eigenvalue weighted by molar-refractivity contribution is 0.105. The molecule has 0 bridgehead atoms. The summed E-state index contributed by atoms with van der Waals surface area (Å²) in [5.41, 5.74) is 0. The Hall–Kier alpha value is -0.0800. The van der Waals surface area contributed by atoms with Crippen LogP contribution in [0.25, 0.3) is 0 Å². The molecule has 0 radical (unpaired) electrons. The first-order valence-corrected chi connectivity index (χ1v) is 3.69. The largest absolute Gasteiger partial charge is 0.378 e. The van der Waals surface area contributed by atoms with Crippen molar-refractivity contribution in [1.29, 1.82) is 0 Å². The Morgan fingerprint density at radius 2 is 2.56 bits per heavy atom. The predicted octanol–water partition coefficient (Wildman–Crippen LogP) is 0.775. The molecule has 1 heterocycles. The lowest BCUT2D eigenvalue weighted by Crippen LogP contribution is -2.15. The number of ether oxygens (including phenoxy) is 1. The van der Waals surface area contributed by atoms with Gasteiger partial charge in [0.2, 0.25) is 0 Å². The summed E-state index contributed by atoms with van der Waals surface area (Å²) >= 11 is 0. The highest BCUT2D eigenvalue weighted by atomic mass is 16.5. The molecule has 1 saturated heterocycles. The Balaban J connectivity index is 1.98. The predicted molar refractivity (Wildman–Crippen MR) is 37.5 cm³/mol. The standard InChI is InChI=1S/C7H15NO/c1-8-5-4-7-3-2-6-9-7/h7-8H,2-6H2,1H3. The van der Waals surface area contributed by atoms with E-state index >= 15 is 0 Å². The third kappa shape index (κ3) is 2.33. The molecule has 0 aromatic heterocycles. The van der Waals surface area contributed by atoms with Crippen LogP contribution in [0.5, 0.6) is 0 Å². The quantitative estimate of drug-likeness (QED) is 0.608. The van der Waals surface area contributed by atoms with Crippen LogP contribution in [0.2, 0.25) is 0 Å². The SMILES string of the molecule is CNCCC1CCCO1. The lowest BCUT2D eigenvalue weighted by atomic mass is 10.2. The Morgan fingerprint density at radius 3 is 3.11 bits per heavy atom. The molecule has 0 saturated carbocycles. The molecule has 1 aliphatic rings. The smallest absolute Gasteiger partial charge is 0.0588 e. The summed E-state index contributed by atoms with van der Waals surface area (Å²) in [5.74, 6) is 0. The van der Waals surface area contributed by atoms with Gasteiger partial charge >= 0.3 is 0 Å². The molecule has 1 aliphatic heterocycles. The van der Waals surface area contributed by atoms with Crippen LogP contribution in [0, 0.1) is 0 Å². The monoisotopic (exact) mass is 129 g/mol. The van der Waals surface area contributed by atoms with Crippen molar-refractivity contribution in [2.75, 3.05) is 20.2 Å². The van der Waals surface area contributed by atoms with Gasteiger partial charge in [0.25, 0.3) is 0 Å². The first-order chi connectivity index (χ1) is 4.43. The van der Waals surface area contributed by atoms with Gasteiger partial charge in [0.05, 0.1) is 6.10 Å². The van der Waals surface area contributed by atoms with Gasteiger partial charge < -0.3 is 10.1 Å². The molecule has 1 N–H and O–H groups in total. The average molecular weight is 129 g/mol. The molecule has 1 atom stereocenters. The van der Waals surface area contributed by atoms with E-state index < -0.39 is 0 Å². The molecule has 0 aromatic rings. The fourth-order valence-electron chi connectivity index (χ4n) is 1.18. The van der Waals surface area contributed by atoms with Gasteiger partial charge in [0.1, 0.15) is 0 Å². The van der Waals surface area contributed by atoms with E-state index in [2.05, 4.69) is 5.32 Å². The topological polar surface area (TPSA) is 21.3 Å². The third-order valence-electron chi connectivity index (χ3n) is 1.74. The molecule has 9 heavy (non-hydrogen) atoms. The van der Waals surface area contributed by atoms with Crippen molar-refractivity contribution in [2.24, 2.45) is 0 Å². The second kappa shape index (κ2) is 3.85. The minimum absolute atomic E-state index is 0.553. The fourth-order valence-corrected chi connectivity index (χ4v) is 1.18. The summed E-state index contributed by atoms with van der Waals surface area (Å²) in [6, 6.07) is 0. The summed E-state index contributed by atoms with van der Waals surface area (Å²) in [6.07, 6.45) is 4.25. The van der Waals surface area contributed by atoms with Crippen molar-refractivity contribution in [2.45, 2.75) is 25.4 Å². The van der Waals surface area contributed by atoms with Crippen LogP contribution in [0.1, 0.15) is 19.3 Å². The average Bonchev–Trinajstić information content (AvgIpc) is 2.34. The summed E-state index contributed by atoms with van der Waals surface area (Å²) in [4.78, 5) is 0. The van der Waals surface area contributed by atoms with E-state index in [-0.39, 0.29) is 0 Å². The van der Waals surface area contributed by atoms with Crippen LogP contribution >= 0.6 is 0 Å². The van der Waals surface area contributed by atoms with Gasteiger partial charge in [0.15, 0.2) is 0 Å². The van der Waals surface area contributed by atoms with E-state index in [0.29, 0.717) is 6.10 Å². The fraction of sp³-hybridized carbons (Fsp3) is 1.00. The molecule has 0 aliphatic carbocycles. The van der Waals surface area contributed by atoms with Crippen LogP contribution in [-0.2, 0) is 4.74 Å². The van der Waals surface area contributed by atoms with Gasteiger partial charge in [-0.1, -0.05) is 0 Å². The van der Waals surface area contributed by atoms with Gasteiger partial charge in [-0.2, -0.15) is 0 Å². The van der Waals surface area contributed by atoms with Crippen LogP contribution in [0.3, 0.4) is 0 Å². The van der Waals surface area contributed by atoms with Crippen LogP contribution in [0.4, 0.5) is 0 Å². The zero-order chi connectivity index (χ0) is 6.53. The van der Waals surface area contributed by atoms with E-state index in [1.165, 1.54) is 19.3 Å². The van der Waals surface area contributed by atoms with Gasteiger partial charge in [-0.15, -0.1) is 0 Å². The summed E-state index contributed by atoms with van der Waals surface area (Å²) in [6.45, 7) is 2.07. The normalized spacial score (nSPS) is 27.0. The molecule has 0 amide bonds. The Kier molecular flexibility index (Phi) is 3.01. The summed E-state index contributed by atoms with van der Waals surface area (Å²) in [7, 11) is 1.98. The van der Waals surface area contributed by atoms with Crippen molar-refractivity contribution in [3.63, 3.8) is 0 Å². The molecule has 1 rings (SSSR count). The highest BCUT2D eigenvalue weighted by molar-refractivity contribution is 4.64. The highest BCUT2D eigenvalue weighted by Gasteiger charge is 2.13. The Bertz CT molecular complexity index is 69.3. The molecule has 1 fully saturated rings. The van der Waals surface area contributed by atoms with Gasteiger partial charge in [0, 0.05) is 6.61 Å². The zero-order valence-electron chi connectivity index (χ0n) is 6.02. The maximum Gasteiger partial charge on any atom is 0.0588 e. The Morgan fingerprint density at radius 1 is 1.67 bits per heavy atom. The Labute approximate surface area is 56.6 Å². The van der Waals surface area contributed by atoms with E-state index in [0.717, 1.165) is 13.2 Å². The molecule has 1 unspecified atom stereocenters. The van der Waals surface area contributed by atoms with Crippen molar-refractivity contribution >= 4 is 0 Å². The van der Waals surface area contributed by atoms with Crippen molar-refractivity contribution in [3.8, 4) is 0 Å². The maximum absolute atomic E-state index is 5.42. The summed E-state index contributed by atoms with van der Waals surface area (Å²) in [5, 5.41) is 3.11. The minimum Gasteiger partial charge on any atom is -0.378 e. The van der Waals surface area contributed by atoms with E-state index in [1.54, 1.807) is 0 Å². The lowest BCUT2D eigenvalue weighted by Gasteiger charge is -2.06. The maximum atomic E-state index is 5.42. The number of nitrogens with one attached hydrogen (secondary N) is 1. The van der Waals surface area contributed by atoms with Crippen molar-refractivity contribution < 1.29 is 4.74 Å². The van der Waals surface area contributed by atoms with Crippen LogP contribution in [-0.4, -0.2) is 26.3 Å². The second-order valence-corrected chi connectivity index (χ2v) is 2.53. The van der Waals surface area contributed by atoms with E-state index in [4.69, 9.17) is 4.74 Å². The van der Waals surface area contributed by atoms with E-state index in [1.807, 2.05) is 7.05 Å². The molecule has 2 heteroatoms. The molecular formula is C7H15NO. The number of hydrogen-bond donors (Lipinski definition) is 1. The molecule has 2 nitrogen and oxygen atoms in total.